The number of nitriles is 3. The highest BCUT2D eigenvalue weighted by atomic mass is 14.3. The van der Waals surface area contributed by atoms with Crippen LogP contribution < -0.4 is 0 Å². The van der Waals surface area contributed by atoms with Gasteiger partial charge >= 0.3 is 0 Å². The molecule has 0 saturated heterocycles. The molecule has 0 spiro atoms. The molecule has 278 valence electrons. The number of hydrogen-bond donors (Lipinski definition) is 0. The van der Waals surface area contributed by atoms with Crippen molar-refractivity contribution >= 4 is 0 Å². The summed E-state index contributed by atoms with van der Waals surface area (Å²) >= 11 is 0. The molecule has 0 N–H and O–H groups in total. The molecule has 3 heteroatoms. The minimum atomic E-state index is 0.598. The molecule has 60 heavy (non-hydrogen) atoms. The highest BCUT2D eigenvalue weighted by Crippen LogP contribution is 2.36. The molecule has 0 aliphatic carbocycles. The fourth-order valence-corrected chi connectivity index (χ4v) is 7.94. The Balaban J connectivity index is 0.981. The Morgan fingerprint density at radius 1 is 0.200 bits per heavy atom. The maximum atomic E-state index is 10.4. The Morgan fingerprint density at radius 2 is 0.433 bits per heavy atom. The summed E-state index contributed by atoms with van der Waals surface area (Å²) in [5, 5.41) is 30.5. The minimum Gasteiger partial charge on any atom is -0.192 e. The predicted octanol–water partition coefficient (Wildman–Crippen LogP) is 14.6. The first-order chi connectivity index (χ1) is 29.6. The Kier molecular flexibility index (Phi) is 10.2. The summed E-state index contributed by atoms with van der Waals surface area (Å²) in [6.45, 7) is 0. The van der Waals surface area contributed by atoms with Gasteiger partial charge in [0.05, 0.1) is 34.9 Å². The lowest BCUT2D eigenvalue weighted by molar-refractivity contribution is 1.47. The second kappa shape index (κ2) is 16.5. The monoisotopic (exact) mass is 761 g/mol. The summed E-state index contributed by atoms with van der Waals surface area (Å²) in [7, 11) is 0. The van der Waals surface area contributed by atoms with Gasteiger partial charge in [-0.15, -0.1) is 0 Å². The third-order valence-corrected chi connectivity index (χ3v) is 11.0. The van der Waals surface area contributed by atoms with E-state index in [4.69, 9.17) is 0 Å². The molecule has 0 amide bonds. The molecule has 3 nitrogen and oxygen atoms in total. The molecular formula is C57H35N3. The van der Waals surface area contributed by atoms with Crippen LogP contribution in [0.3, 0.4) is 0 Å². The standard InChI is InChI=1S/C57H35N3/c58-36-52-33-48(23-26-55(52)39-11-3-1-4-12-39)44-18-7-15-41(29-44)42-16-8-19-45(30-42)50-25-28-57(54(35-50)38-60)51-22-10-21-47(32-51)43-17-9-20-46(31-43)49-24-27-56(53(34-49)37-59)40-13-5-2-6-14-40/h1-35H. The Morgan fingerprint density at radius 3 is 0.733 bits per heavy atom. The average Bonchev–Trinajstić information content (AvgIpc) is 3.34. The normalized spacial score (nSPS) is 10.6. The summed E-state index contributed by atoms with van der Waals surface area (Å²) < 4.78 is 0. The summed E-state index contributed by atoms with van der Waals surface area (Å²) in [5.74, 6) is 0. The van der Waals surface area contributed by atoms with Gasteiger partial charge in [0.1, 0.15) is 0 Å². The summed E-state index contributed by atoms with van der Waals surface area (Å²) in [6.07, 6.45) is 0. The van der Waals surface area contributed by atoms with Crippen molar-refractivity contribution in [3.8, 4) is 107 Å². The molecule has 0 aromatic heterocycles. The van der Waals surface area contributed by atoms with Crippen molar-refractivity contribution in [3.05, 3.63) is 229 Å². The van der Waals surface area contributed by atoms with E-state index < -0.39 is 0 Å². The van der Waals surface area contributed by atoms with Crippen molar-refractivity contribution in [1.29, 1.82) is 15.8 Å². The molecular weight excluding hydrogens is 727 g/mol. The Hall–Kier alpha value is -8.55. The summed E-state index contributed by atoms with van der Waals surface area (Å²) in [5.41, 5.74) is 17.8. The molecule has 9 aromatic carbocycles. The van der Waals surface area contributed by atoms with Crippen LogP contribution in [0.5, 0.6) is 0 Å². The third-order valence-electron chi connectivity index (χ3n) is 11.0. The van der Waals surface area contributed by atoms with Crippen LogP contribution in [0.4, 0.5) is 0 Å². The lowest BCUT2D eigenvalue weighted by Gasteiger charge is -2.12. The second-order valence-corrected chi connectivity index (χ2v) is 14.7. The fraction of sp³-hybridized carbons (Fsp3) is 0. The van der Waals surface area contributed by atoms with Crippen LogP contribution in [-0.2, 0) is 0 Å². The van der Waals surface area contributed by atoms with Crippen molar-refractivity contribution in [1.82, 2.24) is 0 Å². The van der Waals surface area contributed by atoms with Gasteiger partial charge < -0.3 is 0 Å². The van der Waals surface area contributed by atoms with Gasteiger partial charge in [-0.05, 0) is 131 Å². The van der Waals surface area contributed by atoms with Gasteiger partial charge in [-0.2, -0.15) is 15.8 Å². The van der Waals surface area contributed by atoms with Crippen LogP contribution in [0.2, 0.25) is 0 Å². The van der Waals surface area contributed by atoms with E-state index in [9.17, 15) is 15.8 Å². The molecule has 0 radical (unpaired) electrons. The molecule has 0 aliphatic heterocycles. The molecule has 0 saturated carbocycles. The highest BCUT2D eigenvalue weighted by molar-refractivity contribution is 5.84. The zero-order valence-corrected chi connectivity index (χ0v) is 32.5. The molecule has 9 aromatic rings. The maximum Gasteiger partial charge on any atom is 0.0998 e. The lowest BCUT2D eigenvalue weighted by Crippen LogP contribution is -1.89. The third kappa shape index (κ3) is 7.49. The molecule has 9 rings (SSSR count). The zero-order valence-electron chi connectivity index (χ0n) is 32.5. The van der Waals surface area contributed by atoms with E-state index in [-0.39, 0.29) is 0 Å². The molecule has 0 bridgehead atoms. The van der Waals surface area contributed by atoms with Gasteiger partial charge in [-0.25, -0.2) is 0 Å². The summed E-state index contributed by atoms with van der Waals surface area (Å²) in [4.78, 5) is 0. The van der Waals surface area contributed by atoms with Crippen molar-refractivity contribution < 1.29 is 0 Å². The number of nitrogens with zero attached hydrogens (tertiary/aromatic N) is 3. The van der Waals surface area contributed by atoms with Crippen LogP contribution >= 0.6 is 0 Å². The Labute approximate surface area is 350 Å². The van der Waals surface area contributed by atoms with Gasteiger partial charge in [-0.3, -0.25) is 0 Å². The van der Waals surface area contributed by atoms with E-state index in [1.807, 2.05) is 115 Å². The molecule has 0 unspecified atom stereocenters. The van der Waals surface area contributed by atoms with Crippen molar-refractivity contribution in [3.63, 3.8) is 0 Å². The molecule has 0 atom stereocenters. The molecule has 0 fully saturated rings. The molecule has 0 aliphatic rings. The highest BCUT2D eigenvalue weighted by Gasteiger charge is 2.13. The smallest absolute Gasteiger partial charge is 0.0998 e. The van der Waals surface area contributed by atoms with E-state index >= 15 is 0 Å². The van der Waals surface area contributed by atoms with Crippen LogP contribution in [-0.4, -0.2) is 0 Å². The first kappa shape index (κ1) is 37.1. The van der Waals surface area contributed by atoms with E-state index in [0.717, 1.165) is 89.0 Å². The Bertz CT molecular complexity index is 3180. The van der Waals surface area contributed by atoms with E-state index in [0.29, 0.717) is 16.7 Å². The second-order valence-electron chi connectivity index (χ2n) is 14.7. The average molecular weight is 762 g/mol. The first-order valence-electron chi connectivity index (χ1n) is 19.7. The van der Waals surface area contributed by atoms with Crippen LogP contribution in [0.15, 0.2) is 212 Å². The predicted molar refractivity (Wildman–Crippen MR) is 244 cm³/mol. The van der Waals surface area contributed by atoms with Crippen LogP contribution in [0, 0.1) is 34.0 Å². The fourth-order valence-electron chi connectivity index (χ4n) is 7.94. The number of benzene rings is 9. The molecule has 0 heterocycles. The quantitative estimate of drug-likeness (QED) is 0.155. The van der Waals surface area contributed by atoms with Crippen molar-refractivity contribution in [2.45, 2.75) is 0 Å². The minimum absolute atomic E-state index is 0.598. The van der Waals surface area contributed by atoms with Crippen molar-refractivity contribution in [2.75, 3.05) is 0 Å². The SMILES string of the molecule is N#Cc1cc(-c2cccc(-c3cccc(-c4ccc(-c5cccc(-c6cccc(-c7ccc(-c8ccccc8)c(C#N)c7)c6)c5)c(C#N)c4)c3)c2)ccc1-c1ccccc1. The topological polar surface area (TPSA) is 71.4 Å². The van der Waals surface area contributed by atoms with Gasteiger partial charge in [0, 0.05) is 0 Å². The van der Waals surface area contributed by atoms with Gasteiger partial charge in [-0.1, -0.05) is 170 Å². The van der Waals surface area contributed by atoms with Crippen LogP contribution in [0.1, 0.15) is 16.7 Å². The van der Waals surface area contributed by atoms with Gasteiger partial charge in [0.2, 0.25) is 0 Å². The number of hydrogen-bond acceptors (Lipinski definition) is 3. The number of rotatable bonds is 8. The first-order valence-corrected chi connectivity index (χ1v) is 19.7. The van der Waals surface area contributed by atoms with E-state index in [1.54, 1.807) is 0 Å². The van der Waals surface area contributed by atoms with E-state index in [1.165, 1.54) is 0 Å². The summed E-state index contributed by atoms with van der Waals surface area (Å²) in [6, 6.07) is 78.9. The zero-order chi connectivity index (χ0) is 40.8. The van der Waals surface area contributed by atoms with Gasteiger partial charge in [0.15, 0.2) is 0 Å². The van der Waals surface area contributed by atoms with Gasteiger partial charge in [0.25, 0.3) is 0 Å². The maximum absolute atomic E-state index is 10.4. The van der Waals surface area contributed by atoms with Crippen LogP contribution in [0.25, 0.3) is 89.0 Å². The van der Waals surface area contributed by atoms with Crippen molar-refractivity contribution in [2.24, 2.45) is 0 Å². The van der Waals surface area contributed by atoms with E-state index in [2.05, 4.69) is 115 Å². The largest absolute Gasteiger partial charge is 0.192 e. The lowest BCUT2D eigenvalue weighted by atomic mass is 9.91.